The molecular formula is CINaO3. The number of hydrogen-bond donors (Lipinski definition) is 0. The molecule has 5 heteroatoms. The molecule has 0 aliphatic rings. The molecule has 0 rings (SSSR count). The number of halogens is 1. The molecule has 0 amide bonds. The molecule has 0 N–H and O–H groups in total. The van der Waals surface area contributed by atoms with E-state index < -0.39 is 6.16 Å². The maximum Gasteiger partial charge on any atom is 1.00 e. The third-order valence-electron chi connectivity index (χ3n) is 0.0630. The molecule has 0 spiro atoms. The van der Waals surface area contributed by atoms with Gasteiger partial charge in [-0.25, -0.2) is 0 Å². The average molecular weight is 210 g/mol. The molecule has 0 aromatic heterocycles. The van der Waals surface area contributed by atoms with E-state index in [1.54, 1.807) is 0 Å². The molecule has 0 aromatic carbocycles. The Morgan fingerprint density at radius 1 is 1.83 bits per heavy atom. The molecule has 0 saturated carbocycles. The van der Waals surface area contributed by atoms with Gasteiger partial charge in [0.25, 0.3) is 6.16 Å². The minimum Gasteiger partial charge on any atom is -0.481 e. The van der Waals surface area contributed by atoms with E-state index in [0.29, 0.717) is 0 Å². The van der Waals surface area contributed by atoms with Crippen molar-refractivity contribution < 1.29 is 42.5 Å². The number of carbonyl (C=O) groups is 1. The maximum absolute atomic E-state index is 9.03. The summed E-state index contributed by atoms with van der Waals surface area (Å²) in [6, 6.07) is 0. The van der Waals surface area contributed by atoms with Crippen molar-refractivity contribution in [1.29, 1.82) is 0 Å². The van der Waals surface area contributed by atoms with Gasteiger partial charge in [-0.05, 0) is 0 Å². The van der Waals surface area contributed by atoms with Gasteiger partial charge in [0.2, 0.25) is 0 Å². The predicted molar refractivity (Wildman–Crippen MR) is 20.5 cm³/mol. The van der Waals surface area contributed by atoms with Crippen LogP contribution >= 0.6 is 23.0 Å². The van der Waals surface area contributed by atoms with Gasteiger partial charge in [-0.1, -0.05) is 0 Å². The van der Waals surface area contributed by atoms with E-state index in [1.165, 1.54) is 23.0 Å². The zero-order valence-corrected chi connectivity index (χ0v) is 7.26. The number of carboxylic acid groups (broad SMARTS) is 1. The van der Waals surface area contributed by atoms with Gasteiger partial charge in [-0.3, -0.25) is 0 Å². The fraction of sp³-hybridized carbons (Fsp3) is 0. The summed E-state index contributed by atoms with van der Waals surface area (Å²) in [5.41, 5.74) is 0. The van der Waals surface area contributed by atoms with Crippen LogP contribution in [0.15, 0.2) is 0 Å². The first-order valence-electron chi connectivity index (χ1n) is 0.767. The summed E-state index contributed by atoms with van der Waals surface area (Å²) in [4.78, 5) is 9.03. The van der Waals surface area contributed by atoms with Crippen LogP contribution in [0.2, 0.25) is 0 Å². The molecule has 0 aromatic rings. The second kappa shape index (κ2) is 6.00. The van der Waals surface area contributed by atoms with Crippen molar-refractivity contribution in [3.05, 3.63) is 0 Å². The van der Waals surface area contributed by atoms with Crippen molar-refractivity contribution in [2.75, 3.05) is 0 Å². The van der Waals surface area contributed by atoms with E-state index in [9.17, 15) is 0 Å². The van der Waals surface area contributed by atoms with Gasteiger partial charge in [0.1, 0.15) is 0 Å². The predicted octanol–water partition coefficient (Wildman–Crippen LogP) is -3.30. The van der Waals surface area contributed by atoms with Gasteiger partial charge in [0.15, 0.2) is 0 Å². The Hall–Kier alpha value is 1.00. The third kappa shape index (κ3) is 8.89. The van der Waals surface area contributed by atoms with Gasteiger partial charge in [-0.2, -0.15) is 0 Å². The van der Waals surface area contributed by atoms with Crippen LogP contribution in [0.3, 0.4) is 0 Å². The largest absolute Gasteiger partial charge is 1.00 e. The number of hydrogen-bond acceptors (Lipinski definition) is 3. The van der Waals surface area contributed by atoms with Crippen LogP contribution in [0, 0.1) is 0 Å². The molecule has 3 nitrogen and oxygen atoms in total. The molecule has 0 aliphatic carbocycles. The van der Waals surface area contributed by atoms with Crippen LogP contribution in [0.25, 0.3) is 0 Å². The van der Waals surface area contributed by atoms with Crippen molar-refractivity contribution in [3.63, 3.8) is 0 Å². The normalized spacial score (nSPS) is 5.50. The van der Waals surface area contributed by atoms with Crippen LogP contribution in [-0.2, 0) is 3.07 Å². The maximum atomic E-state index is 9.03. The Balaban J connectivity index is 0. The van der Waals surface area contributed by atoms with Gasteiger partial charge in [-0.15, -0.1) is 0 Å². The fourth-order valence-corrected chi connectivity index (χ4v) is 0. The molecule has 6 heavy (non-hydrogen) atoms. The zero-order chi connectivity index (χ0) is 4.28. The molecular weight excluding hydrogens is 210 g/mol. The van der Waals surface area contributed by atoms with E-state index in [2.05, 4.69) is 3.07 Å². The Morgan fingerprint density at radius 2 is 2.00 bits per heavy atom. The first-order valence-corrected chi connectivity index (χ1v) is 1.65. The van der Waals surface area contributed by atoms with Crippen LogP contribution in [-0.4, -0.2) is 6.16 Å². The van der Waals surface area contributed by atoms with Crippen LogP contribution in [0.5, 0.6) is 0 Å². The molecule has 0 heterocycles. The Kier molecular flexibility index (Phi) is 10.1. The van der Waals surface area contributed by atoms with E-state index in [-0.39, 0.29) is 29.6 Å². The van der Waals surface area contributed by atoms with Crippen molar-refractivity contribution in [2.45, 2.75) is 0 Å². The van der Waals surface area contributed by atoms with Crippen molar-refractivity contribution in [3.8, 4) is 0 Å². The number of rotatable bonds is 0. The Bertz CT molecular complexity index is 46.1. The van der Waals surface area contributed by atoms with Gasteiger partial charge in [0.05, 0.1) is 23.0 Å². The van der Waals surface area contributed by atoms with E-state index in [4.69, 9.17) is 9.90 Å². The zero-order valence-electron chi connectivity index (χ0n) is 3.10. The third-order valence-corrected chi connectivity index (χ3v) is 0.423. The Labute approximate surface area is 71.0 Å². The molecule has 0 fully saturated rings. The SMILES string of the molecule is O=C([O-])OI.[Na+]. The quantitative estimate of drug-likeness (QED) is 0.311. The van der Waals surface area contributed by atoms with E-state index in [0.717, 1.165) is 0 Å². The standard InChI is InChI=1S/CHIO3.Na/c2-5-1(3)4;/h(H,3,4);/q;+1/p-1. The summed E-state index contributed by atoms with van der Waals surface area (Å²) < 4.78 is 3.53. The second-order valence-corrected chi connectivity index (χ2v) is 0.768. The minimum atomic E-state index is -1.51. The molecule has 30 valence electrons. The van der Waals surface area contributed by atoms with Gasteiger partial charge < -0.3 is 13.0 Å². The van der Waals surface area contributed by atoms with E-state index in [1.807, 2.05) is 0 Å². The molecule has 0 unspecified atom stereocenters. The average Bonchev–Trinajstić information content (AvgIpc) is 1.38. The van der Waals surface area contributed by atoms with Crippen LogP contribution in [0.4, 0.5) is 4.79 Å². The molecule has 0 saturated heterocycles. The Morgan fingerprint density at radius 3 is 2.00 bits per heavy atom. The monoisotopic (exact) mass is 210 g/mol. The topological polar surface area (TPSA) is 49.4 Å². The summed E-state index contributed by atoms with van der Waals surface area (Å²) >= 11 is 1.22. The summed E-state index contributed by atoms with van der Waals surface area (Å²) in [5.74, 6) is 0. The fourth-order valence-electron chi connectivity index (χ4n) is 0. The first-order chi connectivity index (χ1) is 2.27. The summed E-state index contributed by atoms with van der Waals surface area (Å²) in [6.45, 7) is 0. The second-order valence-electron chi connectivity index (χ2n) is 0.327. The number of carbonyl (C=O) groups excluding carboxylic acids is 1. The summed E-state index contributed by atoms with van der Waals surface area (Å²) in [6.07, 6.45) is -1.51. The summed E-state index contributed by atoms with van der Waals surface area (Å²) in [5, 5.41) is 9.03. The molecule has 0 aliphatic heterocycles. The van der Waals surface area contributed by atoms with Crippen LogP contribution < -0.4 is 34.7 Å². The first kappa shape index (κ1) is 10.1. The molecule has 0 bridgehead atoms. The minimum absolute atomic E-state index is 0. The molecule has 0 atom stereocenters. The van der Waals surface area contributed by atoms with Gasteiger partial charge >= 0.3 is 29.6 Å². The smallest absolute Gasteiger partial charge is 0.481 e. The van der Waals surface area contributed by atoms with Crippen molar-refractivity contribution >= 4 is 29.2 Å². The van der Waals surface area contributed by atoms with E-state index >= 15 is 0 Å². The molecule has 0 radical (unpaired) electrons. The van der Waals surface area contributed by atoms with Gasteiger partial charge in [0, 0.05) is 0 Å². The summed E-state index contributed by atoms with van der Waals surface area (Å²) in [7, 11) is 0. The van der Waals surface area contributed by atoms with Crippen molar-refractivity contribution in [1.82, 2.24) is 0 Å². The van der Waals surface area contributed by atoms with Crippen LogP contribution in [0.1, 0.15) is 0 Å². The van der Waals surface area contributed by atoms with Crippen molar-refractivity contribution in [2.24, 2.45) is 0 Å².